The Morgan fingerprint density at radius 2 is 2.00 bits per heavy atom. The standard InChI is InChI=1S/C20H24FN3O/c1-24(12-17-10-15-9-16(21)7-8-19(15)22-17)13-18-11-20(23-25-18)14-5-3-2-4-6-14/h7-11,14,22H,2-6,12-13H2,1H3. The maximum Gasteiger partial charge on any atom is 0.150 e. The van der Waals surface area contributed by atoms with Crippen molar-refractivity contribution >= 4 is 10.9 Å². The number of hydrogen-bond acceptors (Lipinski definition) is 3. The van der Waals surface area contributed by atoms with E-state index >= 15 is 0 Å². The molecular formula is C20H24FN3O. The van der Waals surface area contributed by atoms with Crippen LogP contribution in [0.25, 0.3) is 10.9 Å². The van der Waals surface area contributed by atoms with E-state index in [4.69, 9.17) is 4.52 Å². The summed E-state index contributed by atoms with van der Waals surface area (Å²) in [6, 6.07) is 8.94. The van der Waals surface area contributed by atoms with Crippen molar-refractivity contribution in [3.05, 3.63) is 53.3 Å². The van der Waals surface area contributed by atoms with Crippen molar-refractivity contribution in [2.75, 3.05) is 7.05 Å². The Balaban J connectivity index is 1.39. The van der Waals surface area contributed by atoms with Crippen LogP contribution >= 0.6 is 0 Å². The first-order chi connectivity index (χ1) is 12.2. The number of nitrogens with zero attached hydrogens (tertiary/aromatic N) is 2. The number of rotatable bonds is 5. The van der Waals surface area contributed by atoms with E-state index in [0.717, 1.165) is 34.6 Å². The van der Waals surface area contributed by atoms with Gasteiger partial charge in [-0.05, 0) is 44.2 Å². The van der Waals surface area contributed by atoms with Crippen LogP contribution in [0.15, 0.2) is 34.9 Å². The molecule has 3 aromatic rings. The molecule has 5 heteroatoms. The van der Waals surface area contributed by atoms with Crippen LogP contribution in [0.1, 0.15) is 55.2 Å². The van der Waals surface area contributed by atoms with Gasteiger partial charge in [0.1, 0.15) is 5.82 Å². The maximum absolute atomic E-state index is 13.3. The van der Waals surface area contributed by atoms with E-state index in [9.17, 15) is 4.39 Å². The number of H-pyrrole nitrogens is 1. The van der Waals surface area contributed by atoms with Gasteiger partial charge in [0.2, 0.25) is 0 Å². The van der Waals surface area contributed by atoms with Gasteiger partial charge in [-0.25, -0.2) is 4.39 Å². The normalized spacial score (nSPS) is 16.1. The summed E-state index contributed by atoms with van der Waals surface area (Å²) in [5.74, 6) is 1.27. The third-order valence-corrected chi connectivity index (χ3v) is 5.11. The van der Waals surface area contributed by atoms with Crippen molar-refractivity contribution in [3.63, 3.8) is 0 Å². The summed E-state index contributed by atoms with van der Waals surface area (Å²) in [6.07, 6.45) is 6.40. The number of fused-ring (bicyclic) bond motifs is 1. The average molecular weight is 341 g/mol. The number of hydrogen-bond donors (Lipinski definition) is 1. The molecule has 0 radical (unpaired) electrons. The van der Waals surface area contributed by atoms with Crippen LogP contribution in [0.4, 0.5) is 4.39 Å². The van der Waals surface area contributed by atoms with Gasteiger partial charge in [0.25, 0.3) is 0 Å². The van der Waals surface area contributed by atoms with Gasteiger partial charge in [-0.2, -0.15) is 0 Å². The molecule has 25 heavy (non-hydrogen) atoms. The van der Waals surface area contributed by atoms with Crippen molar-refractivity contribution in [3.8, 4) is 0 Å². The lowest BCUT2D eigenvalue weighted by Gasteiger charge is -2.18. The molecule has 4 rings (SSSR count). The van der Waals surface area contributed by atoms with E-state index in [1.807, 2.05) is 6.07 Å². The molecule has 1 fully saturated rings. The highest BCUT2D eigenvalue weighted by molar-refractivity contribution is 5.80. The summed E-state index contributed by atoms with van der Waals surface area (Å²) in [7, 11) is 2.05. The molecule has 1 aromatic carbocycles. The lowest BCUT2D eigenvalue weighted by molar-refractivity contribution is 0.262. The largest absolute Gasteiger partial charge is 0.360 e. The number of nitrogens with one attached hydrogen (secondary N) is 1. The molecule has 0 bridgehead atoms. The second kappa shape index (κ2) is 7.00. The van der Waals surface area contributed by atoms with Crippen LogP contribution in [0.3, 0.4) is 0 Å². The van der Waals surface area contributed by atoms with E-state index < -0.39 is 0 Å². The minimum atomic E-state index is -0.205. The number of halogens is 1. The highest BCUT2D eigenvalue weighted by Gasteiger charge is 2.19. The SMILES string of the molecule is CN(Cc1cc2cc(F)ccc2[nH]1)Cc1cc(C2CCCCC2)no1. The molecule has 2 aromatic heterocycles. The molecule has 2 heterocycles. The summed E-state index contributed by atoms with van der Waals surface area (Å²) < 4.78 is 18.9. The molecule has 0 unspecified atom stereocenters. The molecule has 0 saturated heterocycles. The van der Waals surface area contributed by atoms with Gasteiger partial charge in [-0.3, -0.25) is 4.90 Å². The fourth-order valence-electron chi connectivity index (χ4n) is 3.86. The van der Waals surface area contributed by atoms with Crippen molar-refractivity contribution in [2.45, 2.75) is 51.1 Å². The van der Waals surface area contributed by atoms with E-state index in [0.29, 0.717) is 12.5 Å². The van der Waals surface area contributed by atoms with Crippen molar-refractivity contribution in [1.29, 1.82) is 0 Å². The van der Waals surface area contributed by atoms with E-state index in [1.165, 1.54) is 38.2 Å². The summed E-state index contributed by atoms with van der Waals surface area (Å²) in [4.78, 5) is 5.51. The lowest BCUT2D eigenvalue weighted by atomic mass is 9.87. The van der Waals surface area contributed by atoms with Gasteiger partial charge in [0.05, 0.1) is 12.2 Å². The van der Waals surface area contributed by atoms with E-state index in [1.54, 1.807) is 12.1 Å². The minimum absolute atomic E-state index is 0.205. The van der Waals surface area contributed by atoms with Crippen LogP contribution in [-0.4, -0.2) is 22.1 Å². The molecule has 4 nitrogen and oxygen atoms in total. The van der Waals surface area contributed by atoms with E-state index in [2.05, 4.69) is 28.2 Å². The smallest absolute Gasteiger partial charge is 0.150 e. The molecule has 0 amide bonds. The number of aromatic amines is 1. The predicted octanol–water partition coefficient (Wildman–Crippen LogP) is 4.97. The average Bonchev–Trinajstić information content (AvgIpc) is 3.21. The number of aromatic nitrogens is 2. The Hall–Kier alpha value is -2.14. The van der Waals surface area contributed by atoms with Gasteiger partial charge in [0.15, 0.2) is 5.76 Å². The molecule has 0 aliphatic heterocycles. The topological polar surface area (TPSA) is 45.1 Å². The maximum atomic E-state index is 13.3. The second-order valence-electron chi connectivity index (χ2n) is 7.25. The third-order valence-electron chi connectivity index (χ3n) is 5.11. The molecule has 1 N–H and O–H groups in total. The van der Waals surface area contributed by atoms with Crippen molar-refractivity contribution < 1.29 is 8.91 Å². The van der Waals surface area contributed by atoms with Crippen molar-refractivity contribution in [1.82, 2.24) is 15.0 Å². The first-order valence-corrected chi connectivity index (χ1v) is 9.08. The van der Waals surface area contributed by atoms with Gasteiger partial charge < -0.3 is 9.51 Å². The molecule has 1 saturated carbocycles. The first-order valence-electron chi connectivity index (χ1n) is 9.08. The monoisotopic (exact) mass is 341 g/mol. The quantitative estimate of drug-likeness (QED) is 0.712. The van der Waals surface area contributed by atoms with Gasteiger partial charge in [-0.15, -0.1) is 0 Å². The third kappa shape index (κ3) is 3.76. The molecular weight excluding hydrogens is 317 g/mol. The fraction of sp³-hybridized carbons (Fsp3) is 0.450. The Bertz CT molecular complexity index is 848. The zero-order valence-electron chi connectivity index (χ0n) is 14.6. The number of benzene rings is 1. The molecule has 1 aliphatic rings. The second-order valence-corrected chi connectivity index (χ2v) is 7.25. The van der Waals surface area contributed by atoms with Gasteiger partial charge in [0, 0.05) is 35.1 Å². The highest BCUT2D eigenvalue weighted by Crippen LogP contribution is 2.32. The fourth-order valence-corrected chi connectivity index (χ4v) is 3.86. The van der Waals surface area contributed by atoms with Crippen LogP contribution in [-0.2, 0) is 13.1 Å². The molecule has 1 aliphatic carbocycles. The lowest BCUT2D eigenvalue weighted by Crippen LogP contribution is -2.17. The summed E-state index contributed by atoms with van der Waals surface area (Å²) in [5.41, 5.74) is 3.14. The predicted molar refractivity (Wildman–Crippen MR) is 95.8 cm³/mol. The van der Waals surface area contributed by atoms with Crippen molar-refractivity contribution in [2.24, 2.45) is 0 Å². The molecule has 0 atom stereocenters. The van der Waals surface area contributed by atoms with Crippen LogP contribution in [0.2, 0.25) is 0 Å². The van der Waals surface area contributed by atoms with Gasteiger partial charge >= 0.3 is 0 Å². The zero-order valence-corrected chi connectivity index (χ0v) is 14.6. The Kier molecular flexibility index (Phi) is 4.57. The zero-order chi connectivity index (χ0) is 17.2. The van der Waals surface area contributed by atoms with E-state index in [-0.39, 0.29) is 5.82 Å². The minimum Gasteiger partial charge on any atom is -0.360 e. The summed E-state index contributed by atoms with van der Waals surface area (Å²) >= 11 is 0. The molecule has 132 valence electrons. The van der Waals surface area contributed by atoms with Gasteiger partial charge in [-0.1, -0.05) is 24.4 Å². The first kappa shape index (κ1) is 16.3. The van der Waals surface area contributed by atoms with Crippen LogP contribution < -0.4 is 0 Å². The Morgan fingerprint density at radius 1 is 1.16 bits per heavy atom. The summed E-state index contributed by atoms with van der Waals surface area (Å²) in [5, 5.41) is 5.20. The highest BCUT2D eigenvalue weighted by atomic mass is 19.1. The molecule has 0 spiro atoms. The Morgan fingerprint density at radius 3 is 2.84 bits per heavy atom. The summed E-state index contributed by atoms with van der Waals surface area (Å²) in [6.45, 7) is 1.46. The van der Waals surface area contributed by atoms with Crippen LogP contribution in [0, 0.1) is 5.82 Å². The Labute approximate surface area is 147 Å². The van der Waals surface area contributed by atoms with Crippen LogP contribution in [0.5, 0.6) is 0 Å².